The van der Waals surface area contributed by atoms with Crippen LogP contribution in [0.5, 0.6) is 0 Å². The molecule has 0 saturated carbocycles. The first-order valence-corrected chi connectivity index (χ1v) is 5.63. The highest BCUT2D eigenvalue weighted by Crippen LogP contribution is 2.24. The van der Waals surface area contributed by atoms with Crippen LogP contribution in [0.2, 0.25) is 0 Å². The van der Waals surface area contributed by atoms with Crippen molar-refractivity contribution in [1.29, 1.82) is 0 Å². The number of hydrogen-bond donors (Lipinski definition) is 1. The van der Waals surface area contributed by atoms with Crippen LogP contribution >= 0.6 is 0 Å². The summed E-state index contributed by atoms with van der Waals surface area (Å²) < 4.78 is 65.8. The number of carboxylic acid groups (broad SMARTS) is 1. The molecule has 0 atom stereocenters. The van der Waals surface area contributed by atoms with Crippen LogP contribution in [0, 0.1) is 29.1 Å². The average Bonchev–Trinajstić information content (AvgIpc) is 2.37. The van der Waals surface area contributed by atoms with E-state index in [2.05, 4.69) is 0 Å². The van der Waals surface area contributed by atoms with E-state index in [0.29, 0.717) is 0 Å². The first-order chi connectivity index (χ1) is 9.16. The number of nitrogens with zero attached hydrogens (tertiary/aromatic N) is 1. The SMILES string of the molecule is CC(C)N(CC(=O)O)Cc1c(F)c(F)c(F)c(F)c1F. The van der Waals surface area contributed by atoms with Gasteiger partial charge in [0, 0.05) is 18.2 Å². The fraction of sp³-hybridized carbons (Fsp3) is 0.417. The molecule has 0 aromatic heterocycles. The molecule has 0 heterocycles. The smallest absolute Gasteiger partial charge is 0.317 e. The van der Waals surface area contributed by atoms with Crippen LogP contribution in [-0.4, -0.2) is 28.6 Å². The third kappa shape index (κ3) is 3.24. The van der Waals surface area contributed by atoms with E-state index >= 15 is 0 Å². The van der Waals surface area contributed by atoms with E-state index in [9.17, 15) is 26.7 Å². The predicted molar refractivity (Wildman–Crippen MR) is 59.4 cm³/mol. The summed E-state index contributed by atoms with van der Waals surface area (Å²) in [6.45, 7) is 1.79. The van der Waals surface area contributed by atoms with E-state index < -0.39 is 59.8 Å². The van der Waals surface area contributed by atoms with Gasteiger partial charge >= 0.3 is 5.97 Å². The third-order valence-electron chi connectivity index (χ3n) is 2.73. The molecule has 20 heavy (non-hydrogen) atoms. The van der Waals surface area contributed by atoms with Crippen molar-refractivity contribution in [2.75, 3.05) is 6.54 Å². The molecular formula is C12H12F5NO2. The van der Waals surface area contributed by atoms with Crippen LogP contribution in [-0.2, 0) is 11.3 Å². The molecule has 0 fully saturated rings. The van der Waals surface area contributed by atoms with Gasteiger partial charge in [0.25, 0.3) is 0 Å². The van der Waals surface area contributed by atoms with Gasteiger partial charge in [0.15, 0.2) is 23.3 Å². The summed E-state index contributed by atoms with van der Waals surface area (Å²) >= 11 is 0. The van der Waals surface area contributed by atoms with Crippen molar-refractivity contribution in [3.63, 3.8) is 0 Å². The molecule has 0 amide bonds. The number of hydrogen-bond acceptors (Lipinski definition) is 2. The molecule has 3 nitrogen and oxygen atoms in total. The second-order valence-corrected chi connectivity index (χ2v) is 4.44. The molecule has 0 saturated heterocycles. The summed E-state index contributed by atoms with van der Waals surface area (Å²) in [5.74, 6) is -11.5. The van der Waals surface area contributed by atoms with Crippen molar-refractivity contribution >= 4 is 5.97 Å². The molecule has 8 heteroatoms. The molecule has 0 aliphatic rings. The molecule has 1 N–H and O–H groups in total. The Bertz CT molecular complexity index is 504. The number of aliphatic carboxylic acids is 1. The van der Waals surface area contributed by atoms with Crippen molar-refractivity contribution in [1.82, 2.24) is 4.90 Å². The van der Waals surface area contributed by atoms with Gasteiger partial charge in [-0.25, -0.2) is 22.0 Å². The van der Waals surface area contributed by atoms with E-state index in [1.165, 1.54) is 13.8 Å². The fourth-order valence-corrected chi connectivity index (χ4v) is 1.59. The first-order valence-electron chi connectivity index (χ1n) is 5.63. The summed E-state index contributed by atoms with van der Waals surface area (Å²) in [5, 5.41) is 8.67. The normalized spacial score (nSPS) is 11.4. The maximum absolute atomic E-state index is 13.5. The minimum absolute atomic E-state index is 0.457. The number of carboxylic acids is 1. The van der Waals surface area contributed by atoms with Gasteiger partial charge in [-0.3, -0.25) is 9.69 Å². The zero-order valence-corrected chi connectivity index (χ0v) is 10.7. The summed E-state index contributed by atoms with van der Waals surface area (Å²) in [6.07, 6.45) is 0. The Kier molecular flexibility index (Phi) is 5.04. The highest BCUT2D eigenvalue weighted by Gasteiger charge is 2.27. The molecule has 0 unspecified atom stereocenters. The lowest BCUT2D eigenvalue weighted by atomic mass is 10.1. The maximum Gasteiger partial charge on any atom is 0.317 e. The van der Waals surface area contributed by atoms with Crippen LogP contribution in [0.4, 0.5) is 22.0 Å². The molecule has 0 aliphatic heterocycles. The zero-order valence-electron chi connectivity index (χ0n) is 10.7. The van der Waals surface area contributed by atoms with Gasteiger partial charge < -0.3 is 5.11 Å². The summed E-state index contributed by atoms with van der Waals surface area (Å²) in [4.78, 5) is 11.7. The van der Waals surface area contributed by atoms with E-state index in [1.807, 2.05) is 0 Å². The molecule has 1 rings (SSSR count). The van der Waals surface area contributed by atoms with Crippen LogP contribution in [0.3, 0.4) is 0 Å². The Morgan fingerprint density at radius 2 is 1.40 bits per heavy atom. The number of halogens is 5. The molecule has 0 aliphatic carbocycles. The number of rotatable bonds is 5. The van der Waals surface area contributed by atoms with Gasteiger partial charge in [-0.05, 0) is 13.8 Å². The Labute approximate surface area is 111 Å². The second-order valence-electron chi connectivity index (χ2n) is 4.44. The van der Waals surface area contributed by atoms with Crippen molar-refractivity contribution < 1.29 is 31.9 Å². The molecular weight excluding hydrogens is 285 g/mol. The molecule has 0 bridgehead atoms. The van der Waals surface area contributed by atoms with Crippen LogP contribution in [0.25, 0.3) is 0 Å². The van der Waals surface area contributed by atoms with Gasteiger partial charge in [0.2, 0.25) is 5.82 Å². The van der Waals surface area contributed by atoms with Crippen LogP contribution in [0.15, 0.2) is 0 Å². The quantitative estimate of drug-likeness (QED) is 0.516. The lowest BCUT2D eigenvalue weighted by molar-refractivity contribution is -0.139. The number of benzene rings is 1. The van der Waals surface area contributed by atoms with Crippen molar-refractivity contribution in [2.45, 2.75) is 26.4 Å². The lowest BCUT2D eigenvalue weighted by Crippen LogP contribution is -2.36. The number of carbonyl (C=O) groups is 1. The highest BCUT2D eigenvalue weighted by molar-refractivity contribution is 5.69. The first kappa shape index (κ1) is 16.4. The van der Waals surface area contributed by atoms with E-state index in [-0.39, 0.29) is 0 Å². The molecule has 0 spiro atoms. The van der Waals surface area contributed by atoms with Gasteiger partial charge in [-0.1, -0.05) is 0 Å². The summed E-state index contributed by atoms with van der Waals surface area (Å²) in [7, 11) is 0. The zero-order chi connectivity index (χ0) is 15.6. The third-order valence-corrected chi connectivity index (χ3v) is 2.73. The van der Waals surface area contributed by atoms with Gasteiger partial charge in [-0.2, -0.15) is 0 Å². The molecule has 1 aromatic carbocycles. The van der Waals surface area contributed by atoms with E-state index in [0.717, 1.165) is 4.90 Å². The van der Waals surface area contributed by atoms with Crippen LogP contribution < -0.4 is 0 Å². The molecule has 0 radical (unpaired) electrons. The van der Waals surface area contributed by atoms with Crippen molar-refractivity contribution in [3.05, 3.63) is 34.6 Å². The van der Waals surface area contributed by atoms with Crippen LogP contribution in [0.1, 0.15) is 19.4 Å². The topological polar surface area (TPSA) is 40.5 Å². The Morgan fingerprint density at radius 3 is 1.75 bits per heavy atom. The molecule has 1 aromatic rings. The Hall–Kier alpha value is -1.70. The van der Waals surface area contributed by atoms with Crippen molar-refractivity contribution in [3.8, 4) is 0 Å². The molecule has 112 valence electrons. The lowest BCUT2D eigenvalue weighted by Gasteiger charge is -2.25. The largest absolute Gasteiger partial charge is 0.480 e. The minimum Gasteiger partial charge on any atom is -0.480 e. The second kappa shape index (κ2) is 6.17. The maximum atomic E-state index is 13.5. The van der Waals surface area contributed by atoms with Gasteiger partial charge in [0.1, 0.15) is 0 Å². The van der Waals surface area contributed by atoms with E-state index in [4.69, 9.17) is 5.11 Å². The van der Waals surface area contributed by atoms with Gasteiger partial charge in [0.05, 0.1) is 6.54 Å². The predicted octanol–water partition coefficient (Wildman–Crippen LogP) is 2.68. The summed E-state index contributed by atoms with van der Waals surface area (Å²) in [6, 6.07) is -0.457. The highest BCUT2D eigenvalue weighted by atomic mass is 19.2. The monoisotopic (exact) mass is 297 g/mol. The van der Waals surface area contributed by atoms with Gasteiger partial charge in [-0.15, -0.1) is 0 Å². The van der Waals surface area contributed by atoms with Crippen molar-refractivity contribution in [2.24, 2.45) is 0 Å². The minimum atomic E-state index is -2.24. The summed E-state index contributed by atoms with van der Waals surface area (Å²) in [5.41, 5.74) is -1.05. The fourth-order valence-electron chi connectivity index (χ4n) is 1.59. The average molecular weight is 297 g/mol. The van der Waals surface area contributed by atoms with E-state index in [1.54, 1.807) is 0 Å². The Balaban J connectivity index is 3.23. The Morgan fingerprint density at radius 1 is 1.00 bits per heavy atom. The standard InChI is InChI=1S/C12H12F5NO2/c1-5(2)18(4-7(19)20)3-6-8(13)10(15)12(17)11(16)9(6)14/h5H,3-4H2,1-2H3,(H,19,20).